The number of anilines is 1. The number of aliphatic hydroxyl groups is 1. The van der Waals surface area contributed by atoms with E-state index in [4.69, 9.17) is 4.74 Å². The molecular weight excluding hydrogens is 863 g/mol. The molecule has 13 rings (SSSR count). The molecule has 69 heavy (non-hydrogen) atoms. The number of rotatable bonds is 6. The van der Waals surface area contributed by atoms with Gasteiger partial charge in [0.05, 0.1) is 39.8 Å². The molecule has 5 atom stereocenters. The number of benzene rings is 2. The number of aromatic nitrogens is 4. The number of H-pyrrole nitrogens is 2. The summed E-state index contributed by atoms with van der Waals surface area (Å²) in [6.07, 6.45) is 16.8. The molecule has 12 nitrogen and oxygen atoms in total. The number of fused-ring (bicyclic) bond motifs is 8. The zero-order valence-electron chi connectivity index (χ0n) is 39.9. The van der Waals surface area contributed by atoms with E-state index >= 15 is 0 Å². The molecule has 3 aliphatic carbocycles. The first-order chi connectivity index (χ1) is 33.5. The molecule has 2 aromatic carbocycles. The first-order valence-electron chi connectivity index (χ1n) is 25.1. The van der Waals surface area contributed by atoms with Gasteiger partial charge in [-0.2, -0.15) is 0 Å². The number of likely N-dealkylation sites (tertiary alicyclic amines) is 2. The van der Waals surface area contributed by atoms with Gasteiger partial charge in [0.15, 0.2) is 23.4 Å². The van der Waals surface area contributed by atoms with Crippen molar-refractivity contribution < 1.29 is 24.5 Å². The number of phenolic OH excluding ortho intramolecular Hbond substituents is 1. The Labute approximate surface area is 403 Å². The molecule has 10 bridgehead atoms. The van der Waals surface area contributed by atoms with Crippen LogP contribution in [0.25, 0.3) is 46.4 Å². The van der Waals surface area contributed by atoms with Gasteiger partial charge in [0, 0.05) is 52.3 Å². The van der Waals surface area contributed by atoms with Crippen LogP contribution in [0.1, 0.15) is 110 Å². The van der Waals surface area contributed by atoms with Crippen molar-refractivity contribution in [2.45, 2.75) is 114 Å². The Morgan fingerprint density at radius 1 is 0.797 bits per heavy atom. The van der Waals surface area contributed by atoms with Gasteiger partial charge >= 0.3 is 0 Å². The van der Waals surface area contributed by atoms with E-state index in [1.54, 1.807) is 6.07 Å². The van der Waals surface area contributed by atoms with Crippen LogP contribution in [0.2, 0.25) is 0 Å². The lowest BCUT2D eigenvalue weighted by molar-refractivity contribution is -0.188. The lowest BCUT2D eigenvalue weighted by atomic mass is 9.49. The van der Waals surface area contributed by atoms with Gasteiger partial charge in [-0.3, -0.25) is 19.4 Å². The maximum Gasteiger partial charge on any atom is 0.241 e. The topological polar surface area (TPSA) is 160 Å². The minimum atomic E-state index is -0.940. The van der Waals surface area contributed by atoms with Gasteiger partial charge in [-0.1, -0.05) is 37.6 Å². The highest BCUT2D eigenvalue weighted by Crippen LogP contribution is 2.65. The maximum absolute atomic E-state index is 12.7. The van der Waals surface area contributed by atoms with Gasteiger partial charge in [0.25, 0.3) is 0 Å². The van der Waals surface area contributed by atoms with E-state index in [-0.39, 0.29) is 29.5 Å². The monoisotopic (exact) mass is 925 g/mol. The third-order valence-corrected chi connectivity index (χ3v) is 15.8. The van der Waals surface area contributed by atoms with Crippen molar-refractivity contribution in [1.29, 1.82) is 0 Å². The van der Waals surface area contributed by atoms with Crippen molar-refractivity contribution in [2.75, 3.05) is 31.5 Å². The molecule has 8 aliphatic rings. The number of ketones is 1. The van der Waals surface area contributed by atoms with Crippen molar-refractivity contribution in [2.24, 2.45) is 5.92 Å². The van der Waals surface area contributed by atoms with Crippen molar-refractivity contribution in [1.82, 2.24) is 29.7 Å². The minimum Gasteiger partial charge on any atom is -0.504 e. The number of phenols is 1. The number of ether oxygens (including phenoxy) is 1. The van der Waals surface area contributed by atoms with Crippen LogP contribution in [0.4, 0.5) is 5.69 Å². The molecule has 12 heteroatoms. The second kappa shape index (κ2) is 18.2. The third kappa shape index (κ3) is 8.50. The molecule has 5 N–H and O–H groups in total. The third-order valence-electron chi connectivity index (χ3n) is 15.8. The van der Waals surface area contributed by atoms with Crippen molar-refractivity contribution in [3.05, 3.63) is 124 Å². The van der Waals surface area contributed by atoms with Crippen LogP contribution in [0, 0.1) is 19.8 Å². The molecule has 4 fully saturated rings. The normalized spacial score (nSPS) is 25.2. The number of aromatic amines is 2. The molecule has 0 unspecified atom stereocenters. The molecule has 2 saturated carbocycles. The molecule has 8 heterocycles. The summed E-state index contributed by atoms with van der Waals surface area (Å²) in [4.78, 5) is 46.2. The zero-order chi connectivity index (χ0) is 47.4. The molecule has 5 aliphatic heterocycles. The summed E-state index contributed by atoms with van der Waals surface area (Å²) in [5, 5.41) is 25.5. The Kier molecular flexibility index (Phi) is 11.9. The van der Waals surface area contributed by atoms with Gasteiger partial charge in [0.2, 0.25) is 5.91 Å². The van der Waals surface area contributed by atoms with Gasteiger partial charge in [-0.15, -0.1) is 0 Å². The summed E-state index contributed by atoms with van der Waals surface area (Å²) in [6, 6.07) is 26.3. The first kappa shape index (κ1) is 45.1. The van der Waals surface area contributed by atoms with Gasteiger partial charge in [0.1, 0.15) is 0 Å². The van der Waals surface area contributed by atoms with E-state index in [9.17, 15) is 19.8 Å². The second-order valence-electron chi connectivity index (χ2n) is 20.4. The number of aryl methyl sites for hydroxylation is 2. The maximum atomic E-state index is 12.7. The number of piperidine rings is 2. The molecular formula is C57H63N7O5. The Hall–Kier alpha value is -6.34. The number of hydrogen-bond acceptors (Lipinski definition) is 9. The molecule has 2 saturated heterocycles. The first-order valence-corrected chi connectivity index (χ1v) is 25.1. The van der Waals surface area contributed by atoms with Crippen molar-refractivity contribution in [3.8, 4) is 11.5 Å². The van der Waals surface area contributed by atoms with Gasteiger partial charge < -0.3 is 30.2 Å². The van der Waals surface area contributed by atoms with Crippen LogP contribution in [0.15, 0.2) is 78.9 Å². The lowest BCUT2D eigenvalue weighted by Crippen LogP contribution is -2.76. The molecule has 1 amide bonds. The SMILES string of the molecule is C1=Cc2cc3ccc(cc4ccc(cc5nc(cc1n2)C=C5)[nH]4)[nH]3.CCCN1CCCC[C@H]1C(=O)Nc1c(C)cccc1C.O=C1CC[C@@]2(O)[C@H]3Cc4ccc(O)c5c4[C@@]2(CCN3CC2CC2)[C@H]1O5. The number of nitrogens with zero attached hydrogens (tertiary/aromatic N) is 4. The van der Waals surface area contributed by atoms with Crippen molar-refractivity contribution >= 4 is 63.7 Å². The zero-order valence-corrected chi connectivity index (χ0v) is 39.9. The largest absolute Gasteiger partial charge is 0.504 e. The molecule has 5 aromatic rings. The Morgan fingerprint density at radius 3 is 2.07 bits per heavy atom. The smallest absolute Gasteiger partial charge is 0.241 e. The summed E-state index contributed by atoms with van der Waals surface area (Å²) < 4.78 is 6.04. The van der Waals surface area contributed by atoms with Gasteiger partial charge in [-0.05, 0) is 186 Å². The number of para-hydroxylation sites is 1. The molecule has 3 aromatic heterocycles. The Morgan fingerprint density at radius 2 is 1.43 bits per heavy atom. The number of amides is 1. The number of hydrogen-bond donors (Lipinski definition) is 5. The summed E-state index contributed by atoms with van der Waals surface area (Å²) in [5.41, 5.74) is 11.6. The predicted octanol–water partition coefficient (Wildman–Crippen LogP) is 9.69. The fraction of sp³-hybridized carbons (Fsp3) is 0.404. The molecule has 356 valence electrons. The van der Waals surface area contributed by atoms with Crippen LogP contribution in [-0.4, -0.2) is 102 Å². The summed E-state index contributed by atoms with van der Waals surface area (Å²) >= 11 is 0. The average molecular weight is 926 g/mol. The molecule has 0 radical (unpaired) electrons. The predicted molar refractivity (Wildman–Crippen MR) is 273 cm³/mol. The number of carbonyl (C=O) groups excluding carboxylic acids is 2. The van der Waals surface area contributed by atoms with E-state index < -0.39 is 17.1 Å². The van der Waals surface area contributed by atoms with Crippen LogP contribution in [-0.2, 0) is 21.4 Å². The summed E-state index contributed by atoms with van der Waals surface area (Å²) in [6.45, 7) is 10.3. The van der Waals surface area contributed by atoms with Gasteiger partial charge in [-0.25, -0.2) is 9.97 Å². The highest BCUT2D eigenvalue weighted by molar-refractivity contribution is 5.96. The van der Waals surface area contributed by atoms with Crippen LogP contribution in [0.3, 0.4) is 0 Å². The number of Topliss-reactive ketones (excluding diaryl/α,β-unsaturated/α-hetero) is 1. The van der Waals surface area contributed by atoms with E-state index in [2.05, 4.69) is 72.3 Å². The van der Waals surface area contributed by atoms with E-state index in [0.717, 1.165) is 137 Å². The van der Waals surface area contributed by atoms with E-state index in [1.165, 1.54) is 19.3 Å². The lowest BCUT2D eigenvalue weighted by Gasteiger charge is -2.62. The highest BCUT2D eigenvalue weighted by Gasteiger charge is 2.73. The standard InChI is InChI=1S/C20H14N4.C20H23NO4.C17H26N2O/c1-2-14-10-16-5-6-18(23-16)12-20-8-7-19(24-20)11-17-4-3-15(22-17)9-13(1)21-14;22-13-4-3-12-9-15-20(24)6-5-14(23)18-19(20,16(12)17(13)25-18)7-8-21(15)10-11-1-2-11;1-4-11-19-12-6-5-10-15(19)17(20)18-16-13(2)8-7-9-14(16)3/h1-12,21-22H;3-4,11,15,18,22,24H,1-2,5-10H2;7-9,15H,4-6,10-12H2,1-3H3,(H,18,20)/t;15-,18+,19+,20-;15-/m.10/s1. The Balaban J connectivity index is 0.000000114. The fourth-order valence-electron chi connectivity index (χ4n) is 12.3. The summed E-state index contributed by atoms with van der Waals surface area (Å²) in [7, 11) is 0. The minimum absolute atomic E-state index is 0.0442. The highest BCUT2D eigenvalue weighted by atomic mass is 16.5. The molecule has 1 spiro atoms. The van der Waals surface area contributed by atoms with Crippen LogP contribution < -0.4 is 10.1 Å². The number of nitrogens with one attached hydrogen (secondary N) is 3. The van der Waals surface area contributed by atoms with Crippen LogP contribution >= 0.6 is 0 Å². The number of aromatic hydroxyl groups is 1. The van der Waals surface area contributed by atoms with Crippen LogP contribution in [0.5, 0.6) is 11.5 Å². The number of carbonyl (C=O) groups is 2. The van der Waals surface area contributed by atoms with Crippen molar-refractivity contribution in [3.63, 3.8) is 0 Å². The fourth-order valence-corrected chi connectivity index (χ4v) is 12.3. The average Bonchev–Trinajstić information content (AvgIpc) is 3.84. The quantitative estimate of drug-likeness (QED) is 0.109. The Bertz CT molecular complexity index is 2950. The van der Waals surface area contributed by atoms with E-state index in [1.807, 2.05) is 80.6 Å². The summed E-state index contributed by atoms with van der Waals surface area (Å²) in [5.74, 6) is 1.55. The second-order valence-corrected chi connectivity index (χ2v) is 20.4. The van der Waals surface area contributed by atoms with E-state index in [0.29, 0.717) is 18.6 Å².